The van der Waals surface area contributed by atoms with Gasteiger partial charge in [-0.25, -0.2) is 0 Å². The largest absolute Gasteiger partial charge is 0.393 e. The quantitative estimate of drug-likeness (QED) is 0.570. The van der Waals surface area contributed by atoms with Crippen LogP contribution in [0.5, 0.6) is 0 Å². The highest BCUT2D eigenvalue weighted by Crippen LogP contribution is 2.37. The van der Waals surface area contributed by atoms with Crippen molar-refractivity contribution in [1.82, 2.24) is 15.2 Å². The van der Waals surface area contributed by atoms with E-state index in [2.05, 4.69) is 15.3 Å². The zero-order chi connectivity index (χ0) is 25.6. The number of hydrogen-bond donors (Lipinski definition) is 1. The molecule has 0 spiro atoms. The molecule has 10 heteroatoms. The number of carbonyl (C=O) groups is 2. The SMILES string of the molecule is CCN(CC)C(=O)CCC(=O)N[C@@H]1C[C@H](C(F)(F)F)CN(c2ccc(C=NC)c3ncccc23)C1. The van der Waals surface area contributed by atoms with Gasteiger partial charge >= 0.3 is 6.18 Å². The lowest BCUT2D eigenvalue weighted by Crippen LogP contribution is -2.54. The summed E-state index contributed by atoms with van der Waals surface area (Å²) in [6.45, 7) is 4.84. The smallest absolute Gasteiger partial charge is 0.368 e. The Kier molecular flexibility index (Phi) is 8.69. The van der Waals surface area contributed by atoms with Crippen molar-refractivity contribution in [2.75, 3.05) is 38.1 Å². The van der Waals surface area contributed by atoms with Crippen LogP contribution in [0.2, 0.25) is 0 Å². The second kappa shape index (κ2) is 11.5. The summed E-state index contributed by atoms with van der Waals surface area (Å²) in [6.07, 6.45) is -1.33. The zero-order valence-corrected chi connectivity index (χ0v) is 20.3. The van der Waals surface area contributed by atoms with Gasteiger partial charge in [-0.2, -0.15) is 13.2 Å². The number of carbonyl (C=O) groups excluding carboxylic acids is 2. The van der Waals surface area contributed by atoms with Gasteiger partial charge in [-0.3, -0.25) is 19.6 Å². The normalized spacial score (nSPS) is 18.7. The van der Waals surface area contributed by atoms with E-state index in [4.69, 9.17) is 0 Å². The standard InChI is InChI=1S/C25H32F3N5O2/c1-4-32(5-2)23(35)11-10-22(34)31-19-13-18(25(26,27)28)15-33(16-19)21-9-8-17(14-29-3)24-20(21)7-6-12-30-24/h6-9,12,14,18-19H,4-5,10-11,13,15-16H2,1-3H3,(H,31,34)/t18-,19+/m0/s1. The average Bonchev–Trinajstić information content (AvgIpc) is 2.83. The first-order valence-electron chi connectivity index (χ1n) is 11.9. The van der Waals surface area contributed by atoms with Gasteiger partial charge in [0.2, 0.25) is 11.8 Å². The third kappa shape index (κ3) is 6.49. The van der Waals surface area contributed by atoms with E-state index in [0.29, 0.717) is 24.3 Å². The number of fused-ring (bicyclic) bond motifs is 1. The molecular weight excluding hydrogens is 459 g/mol. The van der Waals surface area contributed by atoms with Crippen LogP contribution in [0, 0.1) is 5.92 Å². The van der Waals surface area contributed by atoms with Crippen molar-refractivity contribution in [2.24, 2.45) is 10.9 Å². The third-order valence-corrected chi connectivity index (χ3v) is 6.35. The van der Waals surface area contributed by atoms with Crippen molar-refractivity contribution in [3.63, 3.8) is 0 Å². The van der Waals surface area contributed by atoms with Gasteiger partial charge in [-0.05, 0) is 44.5 Å². The maximum Gasteiger partial charge on any atom is 0.393 e. The molecule has 3 rings (SSSR count). The molecule has 1 N–H and O–H groups in total. The van der Waals surface area contributed by atoms with Crippen molar-refractivity contribution >= 4 is 34.6 Å². The Morgan fingerprint density at radius 1 is 1.20 bits per heavy atom. The number of amides is 2. The van der Waals surface area contributed by atoms with Crippen LogP contribution in [-0.2, 0) is 9.59 Å². The molecule has 2 aromatic rings. The van der Waals surface area contributed by atoms with Gasteiger partial charge in [0, 0.05) is 81.2 Å². The first-order chi connectivity index (χ1) is 16.7. The Bertz CT molecular complexity index is 1070. The van der Waals surface area contributed by atoms with Crippen LogP contribution < -0.4 is 10.2 Å². The molecule has 35 heavy (non-hydrogen) atoms. The lowest BCUT2D eigenvalue weighted by atomic mass is 9.92. The fourth-order valence-electron chi connectivity index (χ4n) is 4.59. The van der Waals surface area contributed by atoms with Gasteiger partial charge in [0.25, 0.3) is 0 Å². The molecule has 1 aromatic carbocycles. The van der Waals surface area contributed by atoms with Crippen LogP contribution in [0.25, 0.3) is 10.9 Å². The van der Waals surface area contributed by atoms with Gasteiger partial charge in [-0.1, -0.05) is 0 Å². The molecule has 2 heterocycles. The van der Waals surface area contributed by atoms with Crippen molar-refractivity contribution < 1.29 is 22.8 Å². The molecule has 1 aromatic heterocycles. The maximum atomic E-state index is 13.8. The van der Waals surface area contributed by atoms with Crippen LogP contribution in [0.15, 0.2) is 35.5 Å². The molecule has 2 atom stereocenters. The van der Waals surface area contributed by atoms with E-state index in [-0.39, 0.29) is 38.3 Å². The van der Waals surface area contributed by atoms with Crippen molar-refractivity contribution in [3.05, 3.63) is 36.0 Å². The molecule has 0 unspecified atom stereocenters. The zero-order valence-electron chi connectivity index (χ0n) is 20.3. The molecule has 0 bridgehead atoms. The van der Waals surface area contributed by atoms with Crippen LogP contribution in [0.4, 0.5) is 18.9 Å². The van der Waals surface area contributed by atoms with E-state index >= 15 is 0 Å². The highest BCUT2D eigenvalue weighted by Gasteiger charge is 2.45. The van der Waals surface area contributed by atoms with E-state index in [0.717, 1.165) is 10.9 Å². The number of aliphatic imine (C=N–C) groups is 1. The number of piperidine rings is 1. The highest BCUT2D eigenvalue weighted by atomic mass is 19.4. The molecule has 7 nitrogen and oxygen atoms in total. The Balaban J connectivity index is 1.81. The van der Waals surface area contributed by atoms with Gasteiger partial charge in [0.05, 0.1) is 11.4 Å². The fourth-order valence-corrected chi connectivity index (χ4v) is 4.59. The number of nitrogens with one attached hydrogen (secondary N) is 1. The minimum Gasteiger partial charge on any atom is -0.368 e. The van der Waals surface area contributed by atoms with Crippen molar-refractivity contribution in [2.45, 2.75) is 45.3 Å². The monoisotopic (exact) mass is 491 g/mol. The summed E-state index contributed by atoms with van der Waals surface area (Å²) in [6, 6.07) is 6.45. The number of hydrogen-bond acceptors (Lipinski definition) is 5. The summed E-state index contributed by atoms with van der Waals surface area (Å²) < 4.78 is 41.5. The summed E-state index contributed by atoms with van der Waals surface area (Å²) in [4.78, 5) is 36.5. The number of nitrogens with zero attached hydrogens (tertiary/aromatic N) is 4. The molecular formula is C25H32F3N5O2. The lowest BCUT2D eigenvalue weighted by molar-refractivity contribution is -0.178. The molecule has 190 valence electrons. The lowest BCUT2D eigenvalue weighted by Gasteiger charge is -2.40. The highest BCUT2D eigenvalue weighted by molar-refractivity contribution is 6.03. The topological polar surface area (TPSA) is 77.9 Å². The number of alkyl halides is 3. The molecule has 1 saturated heterocycles. The van der Waals surface area contributed by atoms with Crippen LogP contribution in [0.3, 0.4) is 0 Å². The Morgan fingerprint density at radius 3 is 2.60 bits per heavy atom. The van der Waals surface area contributed by atoms with Crippen LogP contribution in [0.1, 0.15) is 38.7 Å². The molecule has 2 amide bonds. The minimum absolute atomic E-state index is 0.0311. The molecule has 0 aliphatic carbocycles. The Morgan fingerprint density at radius 2 is 1.94 bits per heavy atom. The van der Waals surface area contributed by atoms with E-state index in [1.54, 1.807) is 47.5 Å². The molecule has 1 aliphatic rings. The predicted molar refractivity (Wildman–Crippen MR) is 131 cm³/mol. The predicted octanol–water partition coefficient (Wildman–Crippen LogP) is 3.81. The van der Waals surface area contributed by atoms with Gasteiger partial charge in [-0.15, -0.1) is 0 Å². The Hall–Kier alpha value is -3.17. The van der Waals surface area contributed by atoms with Gasteiger partial charge in [0.1, 0.15) is 0 Å². The molecule has 1 fully saturated rings. The summed E-state index contributed by atoms with van der Waals surface area (Å²) in [7, 11) is 1.64. The molecule has 0 saturated carbocycles. The first kappa shape index (κ1) is 26.4. The van der Waals surface area contributed by atoms with Crippen LogP contribution >= 0.6 is 0 Å². The number of aromatic nitrogens is 1. The average molecular weight is 492 g/mol. The fraction of sp³-hybridized carbons (Fsp3) is 0.520. The minimum atomic E-state index is -4.40. The first-order valence-corrected chi connectivity index (χ1v) is 11.9. The number of rotatable bonds is 8. The van der Waals surface area contributed by atoms with Crippen molar-refractivity contribution in [1.29, 1.82) is 0 Å². The van der Waals surface area contributed by atoms with Crippen LogP contribution in [-0.4, -0.2) is 73.4 Å². The molecule has 0 radical (unpaired) electrons. The van der Waals surface area contributed by atoms with E-state index in [1.807, 2.05) is 19.9 Å². The van der Waals surface area contributed by atoms with Gasteiger partial charge in [0.15, 0.2) is 0 Å². The van der Waals surface area contributed by atoms with E-state index in [1.165, 1.54) is 0 Å². The number of benzene rings is 1. The third-order valence-electron chi connectivity index (χ3n) is 6.35. The maximum absolute atomic E-state index is 13.8. The van der Waals surface area contributed by atoms with Gasteiger partial charge < -0.3 is 15.1 Å². The summed E-state index contributed by atoms with van der Waals surface area (Å²) in [5.41, 5.74) is 2.06. The number of halogens is 3. The van der Waals surface area contributed by atoms with E-state index < -0.39 is 24.0 Å². The van der Waals surface area contributed by atoms with E-state index in [9.17, 15) is 22.8 Å². The number of anilines is 1. The second-order valence-electron chi connectivity index (χ2n) is 8.67. The summed E-state index contributed by atoms with van der Waals surface area (Å²) in [5.74, 6) is -2.15. The van der Waals surface area contributed by atoms with Crippen molar-refractivity contribution in [3.8, 4) is 0 Å². The number of pyridine rings is 1. The molecule has 1 aliphatic heterocycles. The second-order valence-corrected chi connectivity index (χ2v) is 8.67. The Labute approximate surface area is 203 Å². The summed E-state index contributed by atoms with van der Waals surface area (Å²) >= 11 is 0. The summed E-state index contributed by atoms with van der Waals surface area (Å²) in [5, 5.41) is 3.47.